The van der Waals surface area contributed by atoms with Crippen LogP contribution in [0.25, 0.3) is 0 Å². The lowest BCUT2D eigenvalue weighted by Gasteiger charge is -2.31. The van der Waals surface area contributed by atoms with Crippen LogP contribution in [0, 0.1) is 5.92 Å². The Kier molecular flexibility index (Phi) is 5.91. The second kappa shape index (κ2) is 7.70. The summed E-state index contributed by atoms with van der Waals surface area (Å²) in [4.78, 5) is 25.7. The summed E-state index contributed by atoms with van der Waals surface area (Å²) in [6.07, 6.45) is 1.51. The SMILES string of the molecule is CCOC(=O)C1CCCN(C(=O)Nc2cc(Cl)cc(Cl)c2)C1. The van der Waals surface area contributed by atoms with E-state index in [0.29, 0.717) is 35.4 Å². The molecule has 1 N–H and O–H groups in total. The molecule has 0 bridgehead atoms. The molecule has 7 heteroatoms. The number of nitrogens with one attached hydrogen (secondary N) is 1. The molecule has 1 saturated heterocycles. The number of carbonyl (C=O) groups is 2. The van der Waals surface area contributed by atoms with E-state index >= 15 is 0 Å². The number of urea groups is 1. The molecule has 1 aromatic carbocycles. The molecular formula is C15H18Cl2N2O3. The van der Waals surface area contributed by atoms with Gasteiger partial charge in [0.05, 0.1) is 12.5 Å². The van der Waals surface area contributed by atoms with Crippen LogP contribution in [0.3, 0.4) is 0 Å². The predicted octanol–water partition coefficient (Wildman–Crippen LogP) is 3.80. The van der Waals surface area contributed by atoms with Crippen LogP contribution in [0.4, 0.5) is 10.5 Å². The fraction of sp³-hybridized carbons (Fsp3) is 0.467. The molecule has 1 aliphatic heterocycles. The number of hydrogen-bond acceptors (Lipinski definition) is 3. The van der Waals surface area contributed by atoms with Gasteiger partial charge in [-0.25, -0.2) is 4.79 Å². The van der Waals surface area contributed by atoms with Gasteiger partial charge >= 0.3 is 12.0 Å². The monoisotopic (exact) mass is 344 g/mol. The van der Waals surface area contributed by atoms with Crippen LogP contribution >= 0.6 is 23.2 Å². The number of amides is 2. The first-order chi connectivity index (χ1) is 10.5. The predicted molar refractivity (Wildman–Crippen MR) is 86.4 cm³/mol. The van der Waals surface area contributed by atoms with Gasteiger partial charge in [0.15, 0.2) is 0 Å². The highest BCUT2D eigenvalue weighted by Crippen LogP contribution is 2.24. The van der Waals surface area contributed by atoms with E-state index in [1.54, 1.807) is 30.0 Å². The van der Waals surface area contributed by atoms with Gasteiger partial charge in [-0.05, 0) is 38.0 Å². The molecule has 5 nitrogen and oxygen atoms in total. The molecule has 2 amide bonds. The van der Waals surface area contributed by atoms with E-state index in [0.717, 1.165) is 12.8 Å². The lowest BCUT2D eigenvalue weighted by molar-refractivity contribution is -0.149. The van der Waals surface area contributed by atoms with Gasteiger partial charge in [-0.2, -0.15) is 0 Å². The number of carbonyl (C=O) groups excluding carboxylic acids is 2. The van der Waals surface area contributed by atoms with Crippen LogP contribution in [-0.4, -0.2) is 36.6 Å². The zero-order valence-corrected chi connectivity index (χ0v) is 13.8. The summed E-state index contributed by atoms with van der Waals surface area (Å²) in [5.74, 6) is -0.506. The Balaban J connectivity index is 1.98. The Bertz CT molecular complexity index is 545. The highest BCUT2D eigenvalue weighted by atomic mass is 35.5. The molecule has 1 atom stereocenters. The number of likely N-dealkylation sites (tertiary alicyclic amines) is 1. The standard InChI is InChI=1S/C15H18Cl2N2O3/c1-2-22-14(20)10-4-3-5-19(9-10)15(21)18-13-7-11(16)6-12(17)8-13/h6-8,10H,2-5,9H2,1H3,(H,18,21). The molecule has 1 unspecified atom stereocenters. The van der Waals surface area contributed by atoms with Crippen molar-refractivity contribution in [2.75, 3.05) is 25.0 Å². The maximum absolute atomic E-state index is 12.3. The van der Waals surface area contributed by atoms with Crippen LogP contribution in [0.5, 0.6) is 0 Å². The molecule has 0 saturated carbocycles. The number of halogens is 2. The Morgan fingerprint density at radius 1 is 1.32 bits per heavy atom. The first-order valence-electron chi connectivity index (χ1n) is 7.18. The maximum Gasteiger partial charge on any atom is 0.321 e. The van der Waals surface area contributed by atoms with E-state index < -0.39 is 0 Å². The lowest BCUT2D eigenvalue weighted by Crippen LogP contribution is -2.44. The van der Waals surface area contributed by atoms with Gasteiger partial charge in [-0.15, -0.1) is 0 Å². The molecule has 0 aromatic heterocycles. The van der Waals surface area contributed by atoms with Crippen molar-refractivity contribution in [1.82, 2.24) is 4.90 Å². The van der Waals surface area contributed by atoms with E-state index in [9.17, 15) is 9.59 Å². The summed E-state index contributed by atoms with van der Waals surface area (Å²) in [6.45, 7) is 3.09. The molecule has 1 fully saturated rings. The number of hydrogen-bond donors (Lipinski definition) is 1. The molecule has 2 rings (SSSR count). The Hall–Kier alpha value is -1.46. The number of ether oxygens (including phenoxy) is 1. The van der Waals surface area contributed by atoms with E-state index in [1.165, 1.54) is 0 Å². The van der Waals surface area contributed by atoms with Crippen molar-refractivity contribution in [3.8, 4) is 0 Å². The van der Waals surface area contributed by atoms with Crippen molar-refractivity contribution in [1.29, 1.82) is 0 Å². The van der Waals surface area contributed by atoms with Crippen molar-refractivity contribution in [2.24, 2.45) is 5.92 Å². The summed E-state index contributed by atoms with van der Waals surface area (Å²) in [5.41, 5.74) is 0.528. The van der Waals surface area contributed by atoms with E-state index in [-0.39, 0.29) is 17.9 Å². The summed E-state index contributed by atoms with van der Waals surface area (Å²) >= 11 is 11.8. The molecule has 120 valence electrons. The van der Waals surface area contributed by atoms with E-state index in [2.05, 4.69) is 5.32 Å². The number of piperidine rings is 1. The summed E-state index contributed by atoms with van der Waals surface area (Å²) in [6, 6.07) is 4.57. The van der Waals surface area contributed by atoms with Gasteiger partial charge in [0, 0.05) is 28.8 Å². The largest absolute Gasteiger partial charge is 0.466 e. The fourth-order valence-corrected chi connectivity index (χ4v) is 2.97. The van der Waals surface area contributed by atoms with Gasteiger partial charge in [0.2, 0.25) is 0 Å². The van der Waals surface area contributed by atoms with E-state index in [4.69, 9.17) is 27.9 Å². The molecule has 0 radical (unpaired) electrons. The van der Waals surface area contributed by atoms with Crippen molar-refractivity contribution in [3.05, 3.63) is 28.2 Å². The quantitative estimate of drug-likeness (QED) is 0.848. The van der Waals surface area contributed by atoms with E-state index in [1.807, 2.05) is 0 Å². The number of rotatable bonds is 3. The Morgan fingerprint density at radius 3 is 2.64 bits per heavy atom. The molecule has 0 spiro atoms. The normalized spacial score (nSPS) is 18.0. The lowest BCUT2D eigenvalue weighted by atomic mass is 9.98. The smallest absolute Gasteiger partial charge is 0.321 e. The Morgan fingerprint density at radius 2 is 2.00 bits per heavy atom. The molecule has 0 aliphatic carbocycles. The molecular weight excluding hydrogens is 327 g/mol. The molecule has 1 aliphatic rings. The zero-order chi connectivity index (χ0) is 16.1. The van der Waals surface area contributed by atoms with Gasteiger partial charge in [-0.3, -0.25) is 4.79 Å². The second-order valence-electron chi connectivity index (χ2n) is 5.13. The maximum atomic E-state index is 12.3. The van der Waals surface area contributed by atoms with Crippen molar-refractivity contribution in [3.63, 3.8) is 0 Å². The number of anilines is 1. The third-order valence-electron chi connectivity index (χ3n) is 3.44. The van der Waals surface area contributed by atoms with Gasteiger partial charge < -0.3 is 15.0 Å². The average Bonchev–Trinajstić information content (AvgIpc) is 2.46. The first-order valence-corrected chi connectivity index (χ1v) is 7.94. The first kappa shape index (κ1) is 16.9. The van der Waals surface area contributed by atoms with Crippen molar-refractivity contribution >= 4 is 40.9 Å². The minimum Gasteiger partial charge on any atom is -0.466 e. The minimum atomic E-state index is -0.271. The average molecular weight is 345 g/mol. The highest BCUT2D eigenvalue weighted by Gasteiger charge is 2.29. The zero-order valence-electron chi connectivity index (χ0n) is 12.3. The number of nitrogens with zero attached hydrogens (tertiary/aromatic N) is 1. The third-order valence-corrected chi connectivity index (χ3v) is 3.88. The topological polar surface area (TPSA) is 58.6 Å². The summed E-state index contributed by atoms with van der Waals surface area (Å²) in [7, 11) is 0. The van der Waals surface area contributed by atoms with Crippen LogP contribution in [-0.2, 0) is 9.53 Å². The Labute approximate surface area is 139 Å². The number of esters is 1. The molecule has 1 heterocycles. The van der Waals surface area contributed by atoms with Crippen molar-refractivity contribution < 1.29 is 14.3 Å². The third kappa shape index (κ3) is 4.52. The van der Waals surface area contributed by atoms with Crippen molar-refractivity contribution in [2.45, 2.75) is 19.8 Å². The number of benzene rings is 1. The van der Waals surface area contributed by atoms with Gasteiger partial charge in [-0.1, -0.05) is 23.2 Å². The fourth-order valence-electron chi connectivity index (χ4n) is 2.44. The van der Waals surface area contributed by atoms with Crippen LogP contribution < -0.4 is 5.32 Å². The van der Waals surface area contributed by atoms with Gasteiger partial charge in [0.1, 0.15) is 0 Å². The summed E-state index contributed by atoms with van der Waals surface area (Å²) in [5, 5.41) is 3.65. The van der Waals surface area contributed by atoms with Crippen LogP contribution in [0.15, 0.2) is 18.2 Å². The highest BCUT2D eigenvalue weighted by molar-refractivity contribution is 6.35. The van der Waals surface area contributed by atoms with Gasteiger partial charge in [0.25, 0.3) is 0 Å². The van der Waals surface area contributed by atoms with Crippen LogP contribution in [0.1, 0.15) is 19.8 Å². The molecule has 1 aromatic rings. The summed E-state index contributed by atoms with van der Waals surface area (Å²) < 4.78 is 5.03. The second-order valence-corrected chi connectivity index (χ2v) is 6.00. The molecule has 22 heavy (non-hydrogen) atoms. The minimum absolute atomic E-state index is 0.245. The van der Waals surface area contributed by atoms with Crippen LogP contribution in [0.2, 0.25) is 10.0 Å².